The minimum absolute atomic E-state index is 0.0793. The molecule has 10 heteroatoms. The summed E-state index contributed by atoms with van der Waals surface area (Å²) in [5.74, 6) is 0.0775. The molecular weight excluding hydrogens is 462 g/mol. The largest absolute Gasteiger partial charge is 0.335 e. The van der Waals surface area contributed by atoms with Crippen molar-refractivity contribution in [1.29, 1.82) is 0 Å². The number of aromatic nitrogens is 3. The highest BCUT2D eigenvalue weighted by molar-refractivity contribution is 9.10. The number of carbonyl (C=O) groups is 2. The van der Waals surface area contributed by atoms with Crippen LogP contribution >= 0.6 is 39.5 Å². The summed E-state index contributed by atoms with van der Waals surface area (Å²) < 4.78 is 2.80. The van der Waals surface area contributed by atoms with Crippen molar-refractivity contribution < 1.29 is 9.59 Å². The van der Waals surface area contributed by atoms with Crippen molar-refractivity contribution in [3.05, 3.63) is 51.0 Å². The number of nitrogens with one attached hydrogen (secondary N) is 2. The number of amides is 2. The molecule has 0 radical (unpaired) electrons. The van der Waals surface area contributed by atoms with Crippen LogP contribution in [0.5, 0.6) is 0 Å². The van der Waals surface area contributed by atoms with Gasteiger partial charge in [0.1, 0.15) is 6.04 Å². The Hall–Kier alpha value is -2.30. The molecule has 146 valence electrons. The van der Waals surface area contributed by atoms with Gasteiger partial charge in [-0.3, -0.25) is 19.3 Å². The van der Waals surface area contributed by atoms with Crippen LogP contribution in [0.1, 0.15) is 13.0 Å². The summed E-state index contributed by atoms with van der Waals surface area (Å²) in [6.45, 7) is 1.66. The minimum atomic E-state index is -0.607. The van der Waals surface area contributed by atoms with Crippen LogP contribution in [0.25, 0.3) is 10.7 Å². The van der Waals surface area contributed by atoms with Crippen molar-refractivity contribution >= 4 is 57.0 Å². The van der Waals surface area contributed by atoms with E-state index >= 15 is 0 Å². The van der Waals surface area contributed by atoms with Crippen LogP contribution in [0.4, 0.5) is 5.69 Å². The number of hydrogen-bond acceptors (Lipinski definition) is 5. The first-order valence-corrected chi connectivity index (χ1v) is 10.5. The van der Waals surface area contributed by atoms with Crippen LogP contribution in [0.15, 0.2) is 46.3 Å². The average Bonchev–Trinajstić information content (AvgIpc) is 3.31. The van der Waals surface area contributed by atoms with Crippen LogP contribution < -0.4 is 5.32 Å². The van der Waals surface area contributed by atoms with Crippen molar-refractivity contribution in [1.82, 2.24) is 19.7 Å². The maximum atomic E-state index is 12.9. The Morgan fingerprint density at radius 2 is 2.11 bits per heavy atom. The molecule has 7 nitrogen and oxygen atoms in total. The van der Waals surface area contributed by atoms with E-state index in [1.165, 1.54) is 16.2 Å². The zero-order chi connectivity index (χ0) is 20.3. The van der Waals surface area contributed by atoms with Crippen molar-refractivity contribution in [2.45, 2.75) is 13.0 Å². The van der Waals surface area contributed by atoms with E-state index in [2.05, 4.69) is 31.4 Å². The molecule has 0 saturated carbocycles. The van der Waals surface area contributed by atoms with E-state index in [1.54, 1.807) is 24.6 Å². The van der Waals surface area contributed by atoms with Crippen LogP contribution in [-0.4, -0.2) is 45.1 Å². The lowest BCUT2D eigenvalue weighted by atomic mass is 10.2. The SMILES string of the molecule is CC(C(=O)N(C)CC(=O)Nc1ccccc1Br)n1c(-c2cccs2)n[nH]c1=S. The molecule has 2 heterocycles. The van der Waals surface area contributed by atoms with Crippen molar-refractivity contribution in [2.24, 2.45) is 0 Å². The van der Waals surface area contributed by atoms with Crippen molar-refractivity contribution in [3.63, 3.8) is 0 Å². The third-order valence-corrected chi connectivity index (χ3v) is 5.94. The van der Waals surface area contributed by atoms with Gasteiger partial charge in [-0.25, -0.2) is 0 Å². The quantitative estimate of drug-likeness (QED) is 0.521. The van der Waals surface area contributed by atoms with E-state index < -0.39 is 6.04 Å². The van der Waals surface area contributed by atoms with Gasteiger partial charge in [0.05, 0.1) is 17.1 Å². The average molecular weight is 480 g/mol. The second-order valence-corrected chi connectivity index (χ2v) is 8.29. The molecule has 1 aromatic carbocycles. The molecular formula is C18H18BrN5O2S2. The van der Waals surface area contributed by atoms with E-state index in [9.17, 15) is 9.59 Å². The first-order valence-electron chi connectivity index (χ1n) is 8.38. The number of benzene rings is 1. The first-order chi connectivity index (χ1) is 13.4. The number of aromatic amines is 1. The number of nitrogens with zero attached hydrogens (tertiary/aromatic N) is 3. The summed E-state index contributed by atoms with van der Waals surface area (Å²) >= 11 is 10.2. The lowest BCUT2D eigenvalue weighted by Gasteiger charge is -2.22. The van der Waals surface area contributed by atoms with Gasteiger partial charge < -0.3 is 10.2 Å². The zero-order valence-electron chi connectivity index (χ0n) is 15.2. The molecule has 0 aliphatic rings. The van der Waals surface area contributed by atoms with Crippen molar-refractivity contribution in [3.8, 4) is 10.7 Å². The Balaban J connectivity index is 1.72. The minimum Gasteiger partial charge on any atom is -0.335 e. The molecule has 1 atom stereocenters. The first kappa shape index (κ1) is 20.4. The molecule has 0 bridgehead atoms. The van der Waals surface area contributed by atoms with Gasteiger partial charge in [0.25, 0.3) is 0 Å². The van der Waals surface area contributed by atoms with E-state index in [0.29, 0.717) is 16.3 Å². The van der Waals surface area contributed by atoms with Gasteiger partial charge in [-0.1, -0.05) is 18.2 Å². The van der Waals surface area contributed by atoms with Crippen LogP contribution in [-0.2, 0) is 9.59 Å². The fourth-order valence-corrected chi connectivity index (χ4v) is 4.10. The summed E-state index contributed by atoms with van der Waals surface area (Å²) in [7, 11) is 1.59. The molecule has 0 saturated heterocycles. The molecule has 0 fully saturated rings. The number of carbonyl (C=O) groups excluding carboxylic acids is 2. The van der Waals surface area contributed by atoms with Crippen LogP contribution in [0.3, 0.4) is 0 Å². The molecule has 2 aromatic heterocycles. The number of H-pyrrole nitrogens is 1. The van der Waals surface area contributed by atoms with Gasteiger partial charge in [-0.15, -0.1) is 11.3 Å². The molecule has 1 unspecified atom stereocenters. The second kappa shape index (κ2) is 8.80. The molecule has 2 N–H and O–H groups in total. The fraction of sp³-hybridized carbons (Fsp3) is 0.222. The Morgan fingerprint density at radius 3 is 2.79 bits per heavy atom. The maximum absolute atomic E-state index is 12.9. The molecule has 28 heavy (non-hydrogen) atoms. The van der Waals surface area contributed by atoms with E-state index in [4.69, 9.17) is 12.2 Å². The van der Waals surface area contributed by atoms with Gasteiger partial charge >= 0.3 is 0 Å². The third-order valence-electron chi connectivity index (χ3n) is 4.10. The topological polar surface area (TPSA) is 83.0 Å². The predicted octanol–water partition coefficient (Wildman–Crippen LogP) is 4.09. The molecule has 0 aliphatic carbocycles. The van der Waals surface area contributed by atoms with Gasteiger partial charge in [0.2, 0.25) is 11.8 Å². The Labute approximate surface area is 179 Å². The lowest BCUT2D eigenvalue weighted by molar-refractivity contribution is -0.135. The summed E-state index contributed by atoms with van der Waals surface area (Å²) in [6, 6.07) is 10.5. The number of para-hydroxylation sites is 1. The summed E-state index contributed by atoms with van der Waals surface area (Å²) in [5, 5.41) is 11.7. The highest BCUT2D eigenvalue weighted by Gasteiger charge is 2.25. The molecule has 3 aromatic rings. The van der Waals surface area contributed by atoms with Gasteiger partial charge in [0, 0.05) is 11.5 Å². The number of rotatable bonds is 6. The molecule has 3 rings (SSSR count). The van der Waals surface area contributed by atoms with E-state index in [-0.39, 0.29) is 18.4 Å². The summed E-state index contributed by atoms with van der Waals surface area (Å²) in [4.78, 5) is 27.5. The monoisotopic (exact) mass is 479 g/mol. The van der Waals surface area contributed by atoms with Gasteiger partial charge in [-0.05, 0) is 58.7 Å². The number of thiophene rings is 1. The van der Waals surface area contributed by atoms with Crippen molar-refractivity contribution in [2.75, 3.05) is 18.9 Å². The zero-order valence-corrected chi connectivity index (χ0v) is 18.4. The van der Waals surface area contributed by atoms with E-state index in [1.807, 2.05) is 35.7 Å². The normalized spacial score (nSPS) is 11.8. The molecule has 0 aliphatic heterocycles. The Kier molecular flexibility index (Phi) is 6.42. The predicted molar refractivity (Wildman–Crippen MR) is 116 cm³/mol. The van der Waals surface area contributed by atoms with Gasteiger partial charge in [-0.2, -0.15) is 5.10 Å². The summed E-state index contributed by atoms with van der Waals surface area (Å²) in [5.41, 5.74) is 0.651. The third kappa shape index (κ3) is 4.40. The Morgan fingerprint density at radius 1 is 1.36 bits per heavy atom. The number of halogens is 1. The highest BCUT2D eigenvalue weighted by Crippen LogP contribution is 2.26. The molecule has 2 amide bonds. The number of hydrogen-bond donors (Lipinski definition) is 2. The fourth-order valence-electron chi connectivity index (χ4n) is 2.72. The van der Waals surface area contributed by atoms with Crippen LogP contribution in [0.2, 0.25) is 0 Å². The maximum Gasteiger partial charge on any atom is 0.245 e. The standard InChI is InChI=1S/C18H18BrN5O2S2/c1-11(24-16(21-22-18(24)27)14-8-5-9-28-14)17(26)23(2)10-15(25)20-13-7-4-3-6-12(13)19/h3-9,11H,10H2,1-2H3,(H,20,25)(H,22,27). The summed E-state index contributed by atoms with van der Waals surface area (Å²) in [6.07, 6.45) is 0. The van der Waals surface area contributed by atoms with E-state index in [0.717, 1.165) is 9.35 Å². The lowest BCUT2D eigenvalue weighted by Crippen LogP contribution is -2.38. The Bertz CT molecular complexity index is 1040. The smallest absolute Gasteiger partial charge is 0.245 e. The highest BCUT2D eigenvalue weighted by atomic mass is 79.9. The number of likely N-dealkylation sites (N-methyl/N-ethyl adjacent to an activating group) is 1. The van der Waals surface area contributed by atoms with Crippen LogP contribution in [0, 0.1) is 4.77 Å². The molecule has 0 spiro atoms. The number of anilines is 1. The van der Waals surface area contributed by atoms with Gasteiger partial charge in [0.15, 0.2) is 10.6 Å². The second-order valence-electron chi connectivity index (χ2n) is 6.10.